The Labute approximate surface area is 188 Å². The minimum atomic E-state index is -0.649. The summed E-state index contributed by atoms with van der Waals surface area (Å²) in [7, 11) is 1.74. The van der Waals surface area contributed by atoms with Crippen LogP contribution < -0.4 is 10.5 Å². The molecule has 1 heterocycles. The van der Waals surface area contributed by atoms with Crippen molar-refractivity contribution < 1.29 is 14.3 Å². The quantitative estimate of drug-likeness (QED) is 0.574. The molecule has 1 unspecified atom stereocenters. The van der Waals surface area contributed by atoms with Gasteiger partial charge in [0, 0.05) is 24.2 Å². The third kappa shape index (κ3) is 3.60. The Morgan fingerprint density at radius 1 is 1.06 bits per heavy atom. The predicted molar refractivity (Wildman–Crippen MR) is 127 cm³/mol. The molecule has 5 nitrogen and oxygen atoms in total. The van der Waals surface area contributed by atoms with Crippen molar-refractivity contribution in [3.05, 3.63) is 89.5 Å². The van der Waals surface area contributed by atoms with E-state index >= 15 is 0 Å². The molecule has 32 heavy (non-hydrogen) atoms. The fourth-order valence-corrected chi connectivity index (χ4v) is 4.67. The van der Waals surface area contributed by atoms with E-state index in [0.29, 0.717) is 18.8 Å². The van der Waals surface area contributed by atoms with Crippen LogP contribution in [0.3, 0.4) is 0 Å². The SMILES string of the molecule is CN(CC1(C)C=Cc2cc(N)ccc2O1)C(=O)OCC1c2ccccc2-c2ccccc21. The van der Waals surface area contributed by atoms with Gasteiger partial charge in [-0.2, -0.15) is 0 Å². The van der Waals surface area contributed by atoms with Crippen LogP contribution in [0.1, 0.15) is 29.5 Å². The Bertz CT molecular complexity index is 1170. The smallest absolute Gasteiger partial charge is 0.409 e. The Kier molecular flexibility index (Phi) is 4.89. The molecule has 0 bridgehead atoms. The van der Waals surface area contributed by atoms with Crippen molar-refractivity contribution in [1.29, 1.82) is 0 Å². The number of hydrogen-bond acceptors (Lipinski definition) is 4. The lowest BCUT2D eigenvalue weighted by Crippen LogP contribution is -2.45. The van der Waals surface area contributed by atoms with Crippen LogP contribution in [-0.4, -0.2) is 36.8 Å². The van der Waals surface area contributed by atoms with Crippen LogP contribution in [0.15, 0.2) is 72.8 Å². The highest BCUT2D eigenvalue weighted by Crippen LogP contribution is 2.44. The van der Waals surface area contributed by atoms with Crippen LogP contribution in [0, 0.1) is 0 Å². The van der Waals surface area contributed by atoms with Gasteiger partial charge in [0.25, 0.3) is 0 Å². The summed E-state index contributed by atoms with van der Waals surface area (Å²) >= 11 is 0. The largest absolute Gasteiger partial charge is 0.481 e. The maximum atomic E-state index is 12.8. The third-order valence-corrected chi connectivity index (χ3v) is 6.19. The fourth-order valence-electron chi connectivity index (χ4n) is 4.67. The van der Waals surface area contributed by atoms with Crippen molar-refractivity contribution in [3.8, 4) is 16.9 Å². The van der Waals surface area contributed by atoms with Crippen LogP contribution in [-0.2, 0) is 4.74 Å². The van der Waals surface area contributed by atoms with Gasteiger partial charge in [-0.15, -0.1) is 0 Å². The van der Waals surface area contributed by atoms with E-state index < -0.39 is 5.60 Å². The summed E-state index contributed by atoms with van der Waals surface area (Å²) in [6, 6.07) is 22.2. The second kappa shape index (κ2) is 7.75. The number of ether oxygens (including phenoxy) is 2. The second-order valence-electron chi connectivity index (χ2n) is 8.71. The molecule has 0 spiro atoms. The van der Waals surface area contributed by atoms with Crippen molar-refractivity contribution in [2.45, 2.75) is 18.4 Å². The maximum Gasteiger partial charge on any atom is 0.409 e. The molecule has 0 saturated carbocycles. The molecule has 3 aromatic rings. The van der Waals surface area contributed by atoms with Gasteiger partial charge in [0.15, 0.2) is 0 Å². The number of likely N-dealkylation sites (N-methyl/N-ethyl adjacent to an activating group) is 1. The average Bonchev–Trinajstić information content (AvgIpc) is 3.11. The minimum absolute atomic E-state index is 0.0403. The molecule has 0 aromatic heterocycles. The van der Waals surface area contributed by atoms with Gasteiger partial charge in [-0.05, 0) is 53.5 Å². The van der Waals surface area contributed by atoms with E-state index in [9.17, 15) is 4.79 Å². The molecular weight excluding hydrogens is 400 g/mol. The summed E-state index contributed by atoms with van der Waals surface area (Å²) in [6.45, 7) is 2.62. The number of nitrogens with zero attached hydrogens (tertiary/aromatic N) is 1. The van der Waals surface area contributed by atoms with Crippen LogP contribution in [0.4, 0.5) is 10.5 Å². The van der Waals surface area contributed by atoms with Gasteiger partial charge in [0.05, 0.1) is 6.54 Å². The summed E-state index contributed by atoms with van der Waals surface area (Å²) in [6.07, 6.45) is 3.58. The first-order valence-corrected chi connectivity index (χ1v) is 10.8. The normalized spacial score (nSPS) is 18.3. The number of carbonyl (C=O) groups is 1. The first kappa shape index (κ1) is 20.2. The van der Waals surface area contributed by atoms with Crippen molar-refractivity contribution in [2.24, 2.45) is 0 Å². The molecule has 1 atom stereocenters. The molecule has 2 N–H and O–H groups in total. The zero-order valence-electron chi connectivity index (χ0n) is 18.2. The lowest BCUT2D eigenvalue weighted by Gasteiger charge is -2.34. The molecular formula is C27H26N2O3. The number of nitrogen functional groups attached to an aromatic ring is 1. The van der Waals surface area contributed by atoms with Gasteiger partial charge in [-0.25, -0.2) is 4.79 Å². The average molecular weight is 427 g/mol. The van der Waals surface area contributed by atoms with E-state index in [1.165, 1.54) is 22.3 Å². The summed E-state index contributed by atoms with van der Waals surface area (Å²) in [5.41, 5.74) is 11.7. The highest BCUT2D eigenvalue weighted by Gasteiger charge is 2.33. The van der Waals surface area contributed by atoms with Gasteiger partial charge in [0.1, 0.15) is 18.0 Å². The second-order valence-corrected chi connectivity index (χ2v) is 8.71. The topological polar surface area (TPSA) is 64.8 Å². The molecule has 3 aromatic carbocycles. The molecule has 1 aliphatic carbocycles. The number of anilines is 1. The van der Waals surface area contributed by atoms with E-state index in [4.69, 9.17) is 15.2 Å². The summed E-state index contributed by atoms with van der Waals surface area (Å²) in [5, 5.41) is 0. The van der Waals surface area contributed by atoms with E-state index in [-0.39, 0.29) is 12.0 Å². The van der Waals surface area contributed by atoms with Crippen LogP contribution in [0.5, 0.6) is 5.75 Å². The highest BCUT2D eigenvalue weighted by atomic mass is 16.6. The van der Waals surface area contributed by atoms with E-state index in [0.717, 1.165) is 11.3 Å². The van der Waals surface area contributed by atoms with Crippen molar-refractivity contribution in [2.75, 3.05) is 25.9 Å². The Balaban J connectivity index is 1.26. The van der Waals surface area contributed by atoms with Crippen LogP contribution in [0.2, 0.25) is 0 Å². The van der Waals surface area contributed by atoms with E-state index in [1.54, 1.807) is 11.9 Å². The third-order valence-electron chi connectivity index (χ3n) is 6.19. The van der Waals surface area contributed by atoms with Crippen molar-refractivity contribution in [1.82, 2.24) is 4.90 Å². The van der Waals surface area contributed by atoms with E-state index in [1.807, 2.05) is 61.5 Å². The molecule has 1 amide bonds. The standard InChI is InChI=1S/C27H26N2O3/c1-27(14-13-18-15-19(28)11-12-25(18)32-27)17-29(2)26(30)31-16-24-22-9-5-3-7-20(22)21-8-4-6-10-23(21)24/h3-15,24H,16-17,28H2,1-2H3. The molecule has 5 heteroatoms. The lowest BCUT2D eigenvalue weighted by atomic mass is 9.98. The predicted octanol–water partition coefficient (Wildman–Crippen LogP) is 5.31. The van der Waals surface area contributed by atoms with Crippen LogP contribution in [0.25, 0.3) is 17.2 Å². The first-order valence-electron chi connectivity index (χ1n) is 10.8. The number of nitrogens with two attached hydrogens (primary N) is 1. The number of amides is 1. The van der Waals surface area contributed by atoms with Gasteiger partial charge in [0.2, 0.25) is 0 Å². The van der Waals surface area contributed by atoms with Gasteiger partial charge in [-0.1, -0.05) is 54.6 Å². The van der Waals surface area contributed by atoms with Crippen LogP contribution >= 0.6 is 0 Å². The lowest BCUT2D eigenvalue weighted by molar-refractivity contribution is 0.0668. The van der Waals surface area contributed by atoms with Gasteiger partial charge >= 0.3 is 6.09 Å². The number of rotatable bonds is 4. The zero-order valence-corrected chi connectivity index (χ0v) is 18.2. The molecule has 0 radical (unpaired) electrons. The molecule has 1 aliphatic heterocycles. The first-order chi connectivity index (χ1) is 15.4. The van der Waals surface area contributed by atoms with E-state index in [2.05, 4.69) is 24.3 Å². The van der Waals surface area contributed by atoms with Gasteiger partial charge in [-0.3, -0.25) is 0 Å². The molecule has 2 aliphatic rings. The molecule has 5 rings (SSSR count). The Morgan fingerprint density at radius 3 is 2.41 bits per heavy atom. The number of benzene rings is 3. The summed E-state index contributed by atoms with van der Waals surface area (Å²) in [5.74, 6) is 0.795. The maximum absolute atomic E-state index is 12.8. The fraction of sp³-hybridized carbons (Fsp3) is 0.222. The zero-order chi connectivity index (χ0) is 22.3. The van der Waals surface area contributed by atoms with Gasteiger partial charge < -0.3 is 20.1 Å². The molecule has 0 fully saturated rings. The number of fused-ring (bicyclic) bond motifs is 4. The summed E-state index contributed by atoms with van der Waals surface area (Å²) < 4.78 is 11.9. The monoisotopic (exact) mass is 426 g/mol. The Morgan fingerprint density at radius 2 is 1.72 bits per heavy atom. The Hall–Kier alpha value is -3.73. The van der Waals surface area contributed by atoms with Crippen molar-refractivity contribution >= 4 is 17.9 Å². The molecule has 0 saturated heterocycles. The minimum Gasteiger partial charge on any atom is -0.481 e. The summed E-state index contributed by atoms with van der Waals surface area (Å²) in [4.78, 5) is 14.4. The number of hydrogen-bond donors (Lipinski definition) is 1. The molecule has 162 valence electrons. The van der Waals surface area contributed by atoms with Crippen molar-refractivity contribution in [3.63, 3.8) is 0 Å². The highest BCUT2D eigenvalue weighted by molar-refractivity contribution is 5.79. The number of carbonyl (C=O) groups excluding carboxylic acids is 1.